The van der Waals surface area contributed by atoms with Crippen LogP contribution in [0.5, 0.6) is 0 Å². The van der Waals surface area contributed by atoms with Gasteiger partial charge in [-0.3, -0.25) is 0 Å². The van der Waals surface area contributed by atoms with Crippen LogP contribution in [0.2, 0.25) is 0 Å². The normalized spacial score (nSPS) is 15.1. The van der Waals surface area contributed by atoms with Crippen molar-refractivity contribution in [3.05, 3.63) is 0 Å². The zero-order chi connectivity index (χ0) is 15.4. The quantitative estimate of drug-likeness (QED) is 0.282. The van der Waals surface area contributed by atoms with Crippen LogP contribution in [-0.4, -0.2) is 25.8 Å². The van der Waals surface area contributed by atoms with Crippen LogP contribution < -0.4 is 0 Å². The van der Waals surface area contributed by atoms with E-state index in [1.54, 1.807) is 0 Å². The van der Waals surface area contributed by atoms with Gasteiger partial charge in [0.25, 0.3) is 0 Å². The lowest BCUT2D eigenvalue weighted by molar-refractivity contribution is -0.200. The van der Waals surface area contributed by atoms with Crippen LogP contribution in [0.4, 0.5) is 0 Å². The number of hydrogen-bond acceptors (Lipinski definition) is 3. The van der Waals surface area contributed by atoms with E-state index in [9.17, 15) is 4.79 Å². The van der Waals surface area contributed by atoms with Gasteiger partial charge in [0.2, 0.25) is 0 Å². The maximum absolute atomic E-state index is 11.2. The Morgan fingerprint density at radius 3 is 2.20 bits per heavy atom. The predicted molar refractivity (Wildman–Crippen MR) is 83.8 cm³/mol. The molecule has 0 fully saturated rings. The molecule has 0 saturated carbocycles. The zero-order valence-electron chi connectivity index (χ0n) is 14.1. The van der Waals surface area contributed by atoms with Crippen molar-refractivity contribution in [2.45, 2.75) is 79.4 Å². The zero-order valence-corrected chi connectivity index (χ0v) is 14.1. The molecular weight excluding hydrogens is 252 g/mol. The maximum atomic E-state index is 11.2. The molecular formula is C17H34O3. The molecule has 0 aliphatic rings. The first-order valence-electron chi connectivity index (χ1n) is 8.21. The second-order valence-corrected chi connectivity index (χ2v) is 6.25. The van der Waals surface area contributed by atoms with Crippen molar-refractivity contribution in [2.75, 3.05) is 13.2 Å². The summed E-state index contributed by atoms with van der Waals surface area (Å²) in [6, 6.07) is 0. The second kappa shape index (κ2) is 11.3. The SMILES string of the molecule is CCCCOC(OCC(CC)CCCC)C(C)(C)C=O. The van der Waals surface area contributed by atoms with E-state index in [1.165, 1.54) is 19.3 Å². The summed E-state index contributed by atoms with van der Waals surface area (Å²) in [4.78, 5) is 11.2. The lowest BCUT2D eigenvalue weighted by Gasteiger charge is -2.30. The van der Waals surface area contributed by atoms with E-state index in [0.29, 0.717) is 19.1 Å². The summed E-state index contributed by atoms with van der Waals surface area (Å²) in [5.41, 5.74) is -0.587. The van der Waals surface area contributed by atoms with Crippen LogP contribution in [0.15, 0.2) is 0 Å². The van der Waals surface area contributed by atoms with Gasteiger partial charge in [-0.15, -0.1) is 0 Å². The van der Waals surface area contributed by atoms with Gasteiger partial charge in [-0.05, 0) is 32.6 Å². The highest BCUT2D eigenvalue weighted by molar-refractivity contribution is 5.58. The lowest BCUT2D eigenvalue weighted by atomic mass is 9.94. The van der Waals surface area contributed by atoms with Gasteiger partial charge in [0, 0.05) is 6.61 Å². The third-order valence-corrected chi connectivity index (χ3v) is 3.70. The third-order valence-electron chi connectivity index (χ3n) is 3.70. The van der Waals surface area contributed by atoms with Gasteiger partial charge >= 0.3 is 0 Å². The molecule has 120 valence electrons. The van der Waals surface area contributed by atoms with Crippen molar-refractivity contribution in [1.82, 2.24) is 0 Å². The molecule has 0 aliphatic carbocycles. The molecule has 3 nitrogen and oxygen atoms in total. The fraction of sp³-hybridized carbons (Fsp3) is 0.941. The molecule has 20 heavy (non-hydrogen) atoms. The second-order valence-electron chi connectivity index (χ2n) is 6.25. The molecule has 0 heterocycles. The molecule has 0 N–H and O–H groups in total. The Hall–Kier alpha value is -0.410. The van der Waals surface area contributed by atoms with Crippen molar-refractivity contribution in [1.29, 1.82) is 0 Å². The standard InChI is InChI=1S/C17H34O3/c1-6-9-11-15(8-3)13-20-16(17(4,5)14-18)19-12-10-7-2/h14-16H,6-13H2,1-5H3. The van der Waals surface area contributed by atoms with E-state index in [2.05, 4.69) is 20.8 Å². The molecule has 0 saturated heterocycles. The monoisotopic (exact) mass is 286 g/mol. The summed E-state index contributed by atoms with van der Waals surface area (Å²) in [7, 11) is 0. The number of rotatable bonds is 13. The molecule has 2 atom stereocenters. The molecule has 0 radical (unpaired) electrons. The average Bonchev–Trinajstić information content (AvgIpc) is 2.45. The Morgan fingerprint density at radius 2 is 1.70 bits per heavy atom. The molecule has 0 bridgehead atoms. The van der Waals surface area contributed by atoms with E-state index < -0.39 is 11.7 Å². The van der Waals surface area contributed by atoms with Crippen molar-refractivity contribution < 1.29 is 14.3 Å². The smallest absolute Gasteiger partial charge is 0.169 e. The van der Waals surface area contributed by atoms with Crippen LogP contribution in [0, 0.1) is 11.3 Å². The summed E-state index contributed by atoms with van der Waals surface area (Å²) in [5, 5.41) is 0. The molecule has 0 spiro atoms. The van der Waals surface area contributed by atoms with E-state index in [1.807, 2.05) is 13.8 Å². The van der Waals surface area contributed by atoms with E-state index in [4.69, 9.17) is 9.47 Å². The Bertz CT molecular complexity index is 238. The van der Waals surface area contributed by atoms with Crippen LogP contribution in [-0.2, 0) is 14.3 Å². The number of hydrogen-bond donors (Lipinski definition) is 0. The Kier molecular flexibility index (Phi) is 11.0. The lowest BCUT2D eigenvalue weighted by Crippen LogP contribution is -2.37. The first-order valence-corrected chi connectivity index (χ1v) is 8.21. The molecule has 0 aliphatic heterocycles. The Morgan fingerprint density at radius 1 is 1.05 bits per heavy atom. The van der Waals surface area contributed by atoms with Crippen LogP contribution in [0.25, 0.3) is 0 Å². The van der Waals surface area contributed by atoms with Crippen molar-refractivity contribution >= 4 is 6.29 Å². The van der Waals surface area contributed by atoms with E-state index >= 15 is 0 Å². The fourth-order valence-electron chi connectivity index (χ4n) is 1.99. The van der Waals surface area contributed by atoms with Gasteiger partial charge in [-0.1, -0.05) is 46.5 Å². The minimum absolute atomic E-state index is 0.428. The number of aldehydes is 1. The summed E-state index contributed by atoms with van der Waals surface area (Å²) >= 11 is 0. The largest absolute Gasteiger partial charge is 0.352 e. The van der Waals surface area contributed by atoms with Gasteiger partial charge in [0.1, 0.15) is 6.29 Å². The summed E-state index contributed by atoms with van der Waals surface area (Å²) in [6.45, 7) is 11.6. The highest BCUT2D eigenvalue weighted by atomic mass is 16.7. The van der Waals surface area contributed by atoms with Gasteiger partial charge in [0.15, 0.2) is 6.29 Å². The molecule has 0 aromatic carbocycles. The Balaban J connectivity index is 4.36. The summed E-state index contributed by atoms with van der Waals surface area (Å²) in [6.07, 6.45) is 7.36. The highest BCUT2D eigenvalue weighted by Crippen LogP contribution is 2.24. The summed E-state index contributed by atoms with van der Waals surface area (Å²) < 4.78 is 11.7. The Labute approximate surface area is 125 Å². The molecule has 3 heteroatoms. The predicted octanol–water partition coefficient (Wildman–Crippen LogP) is 4.59. The first kappa shape index (κ1) is 19.6. The van der Waals surface area contributed by atoms with Crippen LogP contribution >= 0.6 is 0 Å². The minimum atomic E-state index is -0.587. The third kappa shape index (κ3) is 8.01. The summed E-state index contributed by atoms with van der Waals surface area (Å²) in [5.74, 6) is 0.565. The van der Waals surface area contributed by atoms with Gasteiger partial charge in [-0.25, -0.2) is 0 Å². The number of unbranched alkanes of at least 4 members (excludes halogenated alkanes) is 2. The molecule has 0 rings (SSSR count). The topological polar surface area (TPSA) is 35.5 Å². The van der Waals surface area contributed by atoms with E-state index in [0.717, 1.165) is 25.5 Å². The molecule has 0 amide bonds. The number of carbonyl (C=O) groups excluding carboxylic acids is 1. The van der Waals surface area contributed by atoms with Crippen LogP contribution in [0.3, 0.4) is 0 Å². The van der Waals surface area contributed by atoms with Gasteiger partial charge in [-0.2, -0.15) is 0 Å². The van der Waals surface area contributed by atoms with E-state index in [-0.39, 0.29) is 0 Å². The van der Waals surface area contributed by atoms with Gasteiger partial charge < -0.3 is 14.3 Å². The fourth-order valence-corrected chi connectivity index (χ4v) is 1.99. The molecule has 0 aromatic rings. The molecule has 0 aromatic heterocycles. The van der Waals surface area contributed by atoms with Crippen molar-refractivity contribution in [2.24, 2.45) is 11.3 Å². The van der Waals surface area contributed by atoms with Gasteiger partial charge in [0.05, 0.1) is 12.0 Å². The number of carbonyl (C=O) groups is 1. The first-order chi connectivity index (χ1) is 9.51. The maximum Gasteiger partial charge on any atom is 0.169 e. The van der Waals surface area contributed by atoms with Crippen molar-refractivity contribution in [3.8, 4) is 0 Å². The number of ether oxygens (including phenoxy) is 2. The average molecular weight is 286 g/mol. The highest BCUT2D eigenvalue weighted by Gasteiger charge is 2.31. The molecule has 2 unspecified atom stereocenters. The minimum Gasteiger partial charge on any atom is -0.352 e. The van der Waals surface area contributed by atoms with Crippen molar-refractivity contribution in [3.63, 3.8) is 0 Å². The van der Waals surface area contributed by atoms with Crippen LogP contribution in [0.1, 0.15) is 73.1 Å².